The van der Waals surface area contributed by atoms with Crippen LogP contribution in [0.1, 0.15) is 24.5 Å². The van der Waals surface area contributed by atoms with E-state index in [1.807, 2.05) is 24.3 Å². The molecule has 0 saturated carbocycles. The molecule has 2 rings (SSSR count). The fourth-order valence-electron chi connectivity index (χ4n) is 2.24. The Morgan fingerprint density at radius 1 is 1.32 bits per heavy atom. The molecular formula is C14H19NO3S. The van der Waals surface area contributed by atoms with E-state index in [0.29, 0.717) is 17.9 Å². The van der Waals surface area contributed by atoms with Gasteiger partial charge in [-0.15, -0.1) is 0 Å². The van der Waals surface area contributed by atoms with Crippen LogP contribution in [0.5, 0.6) is 0 Å². The van der Waals surface area contributed by atoms with Gasteiger partial charge in [-0.2, -0.15) is 0 Å². The van der Waals surface area contributed by atoms with Gasteiger partial charge >= 0.3 is 0 Å². The van der Waals surface area contributed by atoms with Crippen molar-refractivity contribution in [2.24, 2.45) is 0 Å². The van der Waals surface area contributed by atoms with Crippen LogP contribution < -0.4 is 4.72 Å². The molecule has 5 heteroatoms. The molecule has 1 aromatic carbocycles. The molecule has 0 fully saturated rings. The summed E-state index contributed by atoms with van der Waals surface area (Å²) in [6.45, 7) is 2.15. The molecule has 1 atom stereocenters. The number of aryl methyl sites for hydroxylation is 1. The number of rotatable bonds is 5. The van der Waals surface area contributed by atoms with Crippen LogP contribution in [0.4, 0.5) is 0 Å². The molecule has 0 saturated heterocycles. The van der Waals surface area contributed by atoms with Crippen LogP contribution in [0.25, 0.3) is 6.08 Å². The molecule has 0 radical (unpaired) electrons. The van der Waals surface area contributed by atoms with Crippen molar-refractivity contribution in [2.45, 2.75) is 25.8 Å². The predicted octanol–water partition coefficient (Wildman–Crippen LogP) is 1.93. The minimum absolute atomic E-state index is 0.229. The van der Waals surface area contributed by atoms with Crippen LogP contribution >= 0.6 is 0 Å². The van der Waals surface area contributed by atoms with Gasteiger partial charge < -0.3 is 4.74 Å². The molecule has 1 aliphatic carbocycles. The Morgan fingerprint density at radius 3 is 2.79 bits per heavy atom. The van der Waals surface area contributed by atoms with Gasteiger partial charge in [-0.25, -0.2) is 13.1 Å². The van der Waals surface area contributed by atoms with Gasteiger partial charge in [0.25, 0.3) is 0 Å². The van der Waals surface area contributed by atoms with Crippen molar-refractivity contribution in [3.8, 4) is 0 Å². The molecule has 104 valence electrons. The smallest absolute Gasteiger partial charge is 0.237 e. The SMILES string of the molecule is COC[C@H](C)NS(=O)(=O)C1=Cc2ccccc2CC1. The summed E-state index contributed by atoms with van der Waals surface area (Å²) >= 11 is 0. The first-order valence-electron chi connectivity index (χ1n) is 6.32. The summed E-state index contributed by atoms with van der Waals surface area (Å²) in [7, 11) is -1.86. The second-order valence-corrected chi connectivity index (χ2v) is 6.55. The molecule has 0 amide bonds. The lowest BCUT2D eigenvalue weighted by Gasteiger charge is -2.19. The molecule has 0 bridgehead atoms. The third kappa shape index (κ3) is 3.43. The van der Waals surface area contributed by atoms with Gasteiger partial charge in [-0.3, -0.25) is 0 Å². The summed E-state index contributed by atoms with van der Waals surface area (Å²) in [6.07, 6.45) is 3.08. The second-order valence-electron chi connectivity index (χ2n) is 4.79. The highest BCUT2D eigenvalue weighted by Gasteiger charge is 2.23. The van der Waals surface area contributed by atoms with Crippen molar-refractivity contribution in [1.29, 1.82) is 0 Å². The molecule has 1 aliphatic rings. The maximum Gasteiger partial charge on any atom is 0.237 e. The maximum atomic E-state index is 12.2. The van der Waals surface area contributed by atoms with Gasteiger partial charge in [0.05, 0.1) is 11.5 Å². The highest BCUT2D eigenvalue weighted by molar-refractivity contribution is 7.93. The summed E-state index contributed by atoms with van der Waals surface area (Å²) in [6, 6.07) is 7.66. The third-order valence-electron chi connectivity index (χ3n) is 3.13. The van der Waals surface area contributed by atoms with Gasteiger partial charge in [0.1, 0.15) is 0 Å². The Kier molecular flexibility index (Phi) is 4.39. The van der Waals surface area contributed by atoms with E-state index in [0.717, 1.165) is 12.0 Å². The number of allylic oxidation sites excluding steroid dienone is 1. The van der Waals surface area contributed by atoms with Crippen LogP contribution in [-0.2, 0) is 21.2 Å². The first kappa shape index (κ1) is 14.2. The molecule has 0 aliphatic heterocycles. The van der Waals surface area contributed by atoms with Crippen molar-refractivity contribution >= 4 is 16.1 Å². The number of hydrogen-bond acceptors (Lipinski definition) is 3. The lowest BCUT2D eigenvalue weighted by molar-refractivity contribution is 0.180. The normalized spacial score (nSPS) is 16.6. The number of fused-ring (bicyclic) bond motifs is 1. The molecule has 19 heavy (non-hydrogen) atoms. The zero-order valence-electron chi connectivity index (χ0n) is 11.2. The zero-order chi connectivity index (χ0) is 13.9. The molecular weight excluding hydrogens is 262 g/mol. The highest BCUT2D eigenvalue weighted by Crippen LogP contribution is 2.26. The average molecular weight is 281 g/mol. The van der Waals surface area contributed by atoms with Gasteiger partial charge in [0.15, 0.2) is 0 Å². The topological polar surface area (TPSA) is 55.4 Å². The quantitative estimate of drug-likeness (QED) is 0.897. The minimum atomic E-state index is -3.42. The van der Waals surface area contributed by atoms with Gasteiger partial charge in [0, 0.05) is 13.2 Å². The van der Waals surface area contributed by atoms with Crippen molar-refractivity contribution in [1.82, 2.24) is 4.72 Å². The first-order chi connectivity index (χ1) is 9.03. The third-order valence-corrected chi connectivity index (χ3v) is 4.86. The summed E-state index contributed by atoms with van der Waals surface area (Å²) in [5.41, 5.74) is 2.19. The van der Waals surface area contributed by atoms with Crippen LogP contribution in [0.3, 0.4) is 0 Å². The Labute approximate surface area is 114 Å². The van der Waals surface area contributed by atoms with E-state index in [2.05, 4.69) is 4.72 Å². The summed E-state index contributed by atoms with van der Waals surface area (Å²) < 4.78 is 32.1. The van der Waals surface area contributed by atoms with Crippen molar-refractivity contribution < 1.29 is 13.2 Å². The van der Waals surface area contributed by atoms with Crippen molar-refractivity contribution in [3.63, 3.8) is 0 Å². The number of hydrogen-bond donors (Lipinski definition) is 1. The van der Waals surface area contributed by atoms with E-state index in [1.54, 1.807) is 20.1 Å². The van der Waals surface area contributed by atoms with E-state index < -0.39 is 10.0 Å². The van der Waals surface area contributed by atoms with Crippen LogP contribution in [-0.4, -0.2) is 28.2 Å². The number of ether oxygens (including phenoxy) is 1. The lowest BCUT2D eigenvalue weighted by atomic mass is 9.98. The van der Waals surface area contributed by atoms with E-state index in [1.165, 1.54) is 5.56 Å². The van der Waals surface area contributed by atoms with Gasteiger partial charge in [-0.1, -0.05) is 24.3 Å². The average Bonchev–Trinajstić information content (AvgIpc) is 2.37. The first-order valence-corrected chi connectivity index (χ1v) is 7.81. The van der Waals surface area contributed by atoms with E-state index >= 15 is 0 Å². The number of benzene rings is 1. The number of sulfonamides is 1. The van der Waals surface area contributed by atoms with Crippen LogP contribution in [0, 0.1) is 0 Å². The Bertz CT molecular complexity index is 578. The minimum Gasteiger partial charge on any atom is -0.383 e. The van der Waals surface area contributed by atoms with Crippen LogP contribution in [0.2, 0.25) is 0 Å². The summed E-state index contributed by atoms with van der Waals surface area (Å²) in [5, 5.41) is 0. The highest BCUT2D eigenvalue weighted by atomic mass is 32.2. The standard InChI is InChI=1S/C14H19NO3S/c1-11(10-18-2)15-19(16,17)14-8-7-12-5-3-4-6-13(12)9-14/h3-6,9,11,15H,7-8,10H2,1-2H3/t11-/m0/s1. The summed E-state index contributed by atoms with van der Waals surface area (Å²) in [5.74, 6) is 0. The van der Waals surface area contributed by atoms with Crippen LogP contribution in [0.15, 0.2) is 29.2 Å². The van der Waals surface area contributed by atoms with Gasteiger partial charge in [0.2, 0.25) is 10.0 Å². The predicted molar refractivity (Wildman–Crippen MR) is 76.1 cm³/mol. The van der Waals surface area contributed by atoms with Crippen molar-refractivity contribution in [3.05, 3.63) is 40.3 Å². The Balaban J connectivity index is 2.21. The number of nitrogens with one attached hydrogen (secondary N) is 1. The fourth-order valence-corrected chi connectivity index (χ4v) is 3.64. The van der Waals surface area contributed by atoms with E-state index in [-0.39, 0.29) is 6.04 Å². The molecule has 4 nitrogen and oxygen atoms in total. The van der Waals surface area contributed by atoms with E-state index in [9.17, 15) is 8.42 Å². The molecule has 0 spiro atoms. The molecule has 0 unspecified atom stereocenters. The molecule has 1 aromatic rings. The van der Waals surface area contributed by atoms with Gasteiger partial charge in [-0.05, 0) is 37.0 Å². The summed E-state index contributed by atoms with van der Waals surface area (Å²) in [4.78, 5) is 0.453. The Hall–Kier alpha value is -1.17. The molecule has 0 aromatic heterocycles. The zero-order valence-corrected chi connectivity index (χ0v) is 12.0. The van der Waals surface area contributed by atoms with E-state index in [4.69, 9.17) is 4.74 Å². The lowest BCUT2D eigenvalue weighted by Crippen LogP contribution is -2.36. The largest absolute Gasteiger partial charge is 0.383 e. The maximum absolute atomic E-state index is 12.2. The van der Waals surface area contributed by atoms with Crippen molar-refractivity contribution in [2.75, 3.05) is 13.7 Å². The Morgan fingerprint density at radius 2 is 2.05 bits per heavy atom. The monoisotopic (exact) mass is 281 g/mol. The molecule has 0 heterocycles. The number of methoxy groups -OCH3 is 1. The fraction of sp³-hybridized carbons (Fsp3) is 0.429. The second kappa shape index (κ2) is 5.86. The molecule has 1 N–H and O–H groups in total.